The van der Waals surface area contributed by atoms with Crippen LogP contribution in [0, 0.1) is 5.82 Å². The average molecular weight is 285 g/mol. The highest BCUT2D eigenvalue weighted by molar-refractivity contribution is 5.20. The van der Waals surface area contributed by atoms with Crippen molar-refractivity contribution in [2.45, 2.75) is 12.3 Å². The molecule has 0 saturated heterocycles. The van der Waals surface area contributed by atoms with E-state index in [0.717, 1.165) is 12.0 Å². The van der Waals surface area contributed by atoms with Crippen LogP contribution in [0.15, 0.2) is 24.3 Å². The molecule has 4 nitrogen and oxygen atoms in total. The summed E-state index contributed by atoms with van der Waals surface area (Å²) in [5.74, 6) is -0.103. The van der Waals surface area contributed by atoms with Gasteiger partial charge in [-0.25, -0.2) is 4.39 Å². The van der Waals surface area contributed by atoms with E-state index in [1.165, 1.54) is 12.1 Å². The summed E-state index contributed by atoms with van der Waals surface area (Å²) in [5, 5.41) is 0. The van der Waals surface area contributed by atoms with Gasteiger partial charge in [-0.2, -0.15) is 0 Å². The molecule has 1 unspecified atom stereocenters. The highest BCUT2D eigenvalue weighted by Crippen LogP contribution is 2.19. The van der Waals surface area contributed by atoms with Gasteiger partial charge in [0.05, 0.1) is 26.4 Å². The first kappa shape index (κ1) is 17.0. The Morgan fingerprint density at radius 1 is 1.10 bits per heavy atom. The fourth-order valence-electron chi connectivity index (χ4n) is 1.87. The van der Waals surface area contributed by atoms with E-state index in [9.17, 15) is 4.39 Å². The third-order valence-corrected chi connectivity index (χ3v) is 3.02. The zero-order valence-electron chi connectivity index (χ0n) is 12.0. The van der Waals surface area contributed by atoms with E-state index in [1.54, 1.807) is 13.2 Å². The third-order valence-electron chi connectivity index (χ3n) is 3.02. The van der Waals surface area contributed by atoms with Crippen molar-refractivity contribution in [1.29, 1.82) is 0 Å². The molecule has 1 atom stereocenters. The summed E-state index contributed by atoms with van der Waals surface area (Å²) in [6.07, 6.45) is 0.776. The molecule has 114 valence electrons. The highest BCUT2D eigenvalue weighted by Gasteiger charge is 2.10. The molecule has 0 aliphatic carbocycles. The van der Waals surface area contributed by atoms with Gasteiger partial charge < -0.3 is 19.9 Å². The maximum absolute atomic E-state index is 13.2. The summed E-state index contributed by atoms with van der Waals surface area (Å²) in [5.41, 5.74) is 6.66. The molecule has 0 heterocycles. The smallest absolute Gasteiger partial charge is 0.123 e. The van der Waals surface area contributed by atoms with Crippen LogP contribution in [-0.4, -0.2) is 46.7 Å². The Morgan fingerprint density at radius 3 is 2.45 bits per heavy atom. The molecule has 0 bridgehead atoms. The maximum Gasteiger partial charge on any atom is 0.123 e. The fourth-order valence-corrected chi connectivity index (χ4v) is 1.87. The summed E-state index contributed by atoms with van der Waals surface area (Å²) in [4.78, 5) is 0. The van der Waals surface area contributed by atoms with Crippen molar-refractivity contribution in [2.75, 3.05) is 46.7 Å². The van der Waals surface area contributed by atoms with E-state index in [2.05, 4.69) is 0 Å². The Kier molecular flexibility index (Phi) is 9.15. The zero-order valence-corrected chi connectivity index (χ0v) is 12.0. The van der Waals surface area contributed by atoms with E-state index < -0.39 is 0 Å². The first-order valence-corrected chi connectivity index (χ1v) is 6.88. The first-order chi connectivity index (χ1) is 9.77. The fraction of sp³-hybridized carbons (Fsp3) is 0.600. The largest absolute Gasteiger partial charge is 0.382 e. The SMILES string of the molecule is COCCOCCOCCC(CN)c1cccc(F)c1. The van der Waals surface area contributed by atoms with Crippen LogP contribution in [0.2, 0.25) is 0 Å². The Hall–Kier alpha value is -1.01. The van der Waals surface area contributed by atoms with Crippen LogP contribution in [0.25, 0.3) is 0 Å². The molecule has 0 fully saturated rings. The number of halogens is 1. The summed E-state index contributed by atoms with van der Waals surface area (Å²) < 4.78 is 28.8. The van der Waals surface area contributed by atoms with Crippen molar-refractivity contribution in [3.05, 3.63) is 35.6 Å². The summed E-state index contributed by atoms with van der Waals surface area (Å²) in [6, 6.07) is 6.57. The molecule has 5 heteroatoms. The lowest BCUT2D eigenvalue weighted by atomic mass is 9.96. The van der Waals surface area contributed by atoms with Gasteiger partial charge in [-0.15, -0.1) is 0 Å². The lowest BCUT2D eigenvalue weighted by Crippen LogP contribution is -2.16. The second-order valence-corrected chi connectivity index (χ2v) is 4.49. The summed E-state index contributed by atoms with van der Waals surface area (Å²) in [7, 11) is 1.64. The van der Waals surface area contributed by atoms with E-state index in [0.29, 0.717) is 39.6 Å². The second-order valence-electron chi connectivity index (χ2n) is 4.49. The Morgan fingerprint density at radius 2 is 1.80 bits per heavy atom. The standard InChI is InChI=1S/C15H24FNO3/c1-18-7-8-20-10-9-19-6-5-14(12-17)13-3-2-4-15(16)11-13/h2-4,11,14H,5-10,12,17H2,1H3. The maximum atomic E-state index is 13.2. The molecular weight excluding hydrogens is 261 g/mol. The molecule has 0 saturated carbocycles. The molecule has 0 aliphatic rings. The number of ether oxygens (including phenoxy) is 3. The first-order valence-electron chi connectivity index (χ1n) is 6.88. The minimum Gasteiger partial charge on any atom is -0.382 e. The minimum atomic E-state index is -0.228. The average Bonchev–Trinajstić information content (AvgIpc) is 2.46. The van der Waals surface area contributed by atoms with Gasteiger partial charge in [0.15, 0.2) is 0 Å². The quantitative estimate of drug-likeness (QED) is 0.631. The molecule has 2 N–H and O–H groups in total. The lowest BCUT2D eigenvalue weighted by Gasteiger charge is -2.15. The molecule has 1 rings (SSSR count). The van der Waals surface area contributed by atoms with Gasteiger partial charge in [0.2, 0.25) is 0 Å². The van der Waals surface area contributed by atoms with Crippen molar-refractivity contribution in [3.63, 3.8) is 0 Å². The molecule has 0 radical (unpaired) electrons. The van der Waals surface area contributed by atoms with Gasteiger partial charge >= 0.3 is 0 Å². The molecule has 0 spiro atoms. The highest BCUT2D eigenvalue weighted by atomic mass is 19.1. The molecule has 20 heavy (non-hydrogen) atoms. The van der Waals surface area contributed by atoms with Crippen LogP contribution in [0.5, 0.6) is 0 Å². The number of hydrogen-bond acceptors (Lipinski definition) is 4. The van der Waals surface area contributed by atoms with Gasteiger partial charge in [0.1, 0.15) is 5.82 Å². The number of hydrogen-bond donors (Lipinski definition) is 1. The van der Waals surface area contributed by atoms with Crippen molar-refractivity contribution < 1.29 is 18.6 Å². The number of benzene rings is 1. The van der Waals surface area contributed by atoms with Crippen LogP contribution in [0.1, 0.15) is 17.9 Å². The van der Waals surface area contributed by atoms with Gasteiger partial charge in [0, 0.05) is 13.7 Å². The Balaban J connectivity index is 2.16. The van der Waals surface area contributed by atoms with Crippen molar-refractivity contribution in [3.8, 4) is 0 Å². The van der Waals surface area contributed by atoms with Crippen LogP contribution in [0.4, 0.5) is 4.39 Å². The van der Waals surface area contributed by atoms with Crippen LogP contribution in [-0.2, 0) is 14.2 Å². The van der Waals surface area contributed by atoms with Crippen LogP contribution in [0.3, 0.4) is 0 Å². The monoisotopic (exact) mass is 285 g/mol. The minimum absolute atomic E-state index is 0.125. The molecule has 1 aromatic carbocycles. The van der Waals surface area contributed by atoms with Crippen molar-refractivity contribution in [1.82, 2.24) is 0 Å². The molecule has 0 aliphatic heterocycles. The van der Waals surface area contributed by atoms with E-state index in [4.69, 9.17) is 19.9 Å². The second kappa shape index (κ2) is 10.7. The lowest BCUT2D eigenvalue weighted by molar-refractivity contribution is 0.0234. The predicted molar refractivity (Wildman–Crippen MR) is 76.3 cm³/mol. The van der Waals surface area contributed by atoms with E-state index in [-0.39, 0.29) is 11.7 Å². The molecule has 0 amide bonds. The normalized spacial score (nSPS) is 12.6. The van der Waals surface area contributed by atoms with Crippen molar-refractivity contribution in [2.24, 2.45) is 5.73 Å². The van der Waals surface area contributed by atoms with Gasteiger partial charge in [-0.05, 0) is 36.6 Å². The molecular formula is C15H24FNO3. The zero-order chi connectivity index (χ0) is 14.6. The Bertz CT molecular complexity index is 363. The van der Waals surface area contributed by atoms with Crippen LogP contribution >= 0.6 is 0 Å². The number of methoxy groups -OCH3 is 1. The van der Waals surface area contributed by atoms with Gasteiger partial charge in [-0.3, -0.25) is 0 Å². The topological polar surface area (TPSA) is 53.7 Å². The van der Waals surface area contributed by atoms with E-state index >= 15 is 0 Å². The van der Waals surface area contributed by atoms with Crippen LogP contribution < -0.4 is 5.73 Å². The Labute approximate surface area is 120 Å². The summed E-state index contributed by atoms with van der Waals surface area (Å²) >= 11 is 0. The van der Waals surface area contributed by atoms with Gasteiger partial charge in [0.25, 0.3) is 0 Å². The third kappa shape index (κ3) is 6.96. The summed E-state index contributed by atoms with van der Waals surface area (Å²) in [6.45, 7) is 3.34. The molecule has 0 aromatic heterocycles. The van der Waals surface area contributed by atoms with Gasteiger partial charge in [-0.1, -0.05) is 12.1 Å². The van der Waals surface area contributed by atoms with Crippen molar-refractivity contribution >= 4 is 0 Å². The number of nitrogens with two attached hydrogens (primary N) is 1. The number of rotatable bonds is 11. The predicted octanol–water partition coefficient (Wildman–Crippen LogP) is 1.94. The molecule has 1 aromatic rings. The van der Waals surface area contributed by atoms with E-state index in [1.807, 2.05) is 6.07 Å².